The maximum atomic E-state index is 12.2. The molecular formula is C12H21N5O2. The Balaban J connectivity index is 2.03. The van der Waals surface area contributed by atoms with Gasteiger partial charge in [-0.1, -0.05) is 0 Å². The Morgan fingerprint density at radius 2 is 2.05 bits per heavy atom. The van der Waals surface area contributed by atoms with Gasteiger partial charge in [-0.05, 0) is 27.2 Å². The molecule has 0 bridgehead atoms. The van der Waals surface area contributed by atoms with Crippen molar-refractivity contribution in [1.82, 2.24) is 19.7 Å². The molecule has 2 rings (SSSR count). The van der Waals surface area contributed by atoms with Crippen LogP contribution in [0.2, 0.25) is 0 Å². The second-order valence-corrected chi connectivity index (χ2v) is 5.94. The Morgan fingerprint density at radius 1 is 1.42 bits per heavy atom. The molecule has 0 spiro atoms. The molecule has 7 heteroatoms. The van der Waals surface area contributed by atoms with Crippen LogP contribution in [0.5, 0.6) is 0 Å². The first-order valence-corrected chi connectivity index (χ1v) is 6.43. The lowest BCUT2D eigenvalue weighted by Crippen LogP contribution is -2.42. The van der Waals surface area contributed by atoms with Crippen LogP contribution in [-0.2, 0) is 11.3 Å². The molecule has 0 radical (unpaired) electrons. The molecule has 2 atom stereocenters. The van der Waals surface area contributed by atoms with Gasteiger partial charge in [-0.3, -0.25) is 0 Å². The van der Waals surface area contributed by atoms with E-state index in [0.717, 1.165) is 6.42 Å². The summed E-state index contributed by atoms with van der Waals surface area (Å²) >= 11 is 0. The molecule has 1 fully saturated rings. The van der Waals surface area contributed by atoms with Crippen molar-refractivity contribution in [2.45, 2.75) is 51.4 Å². The molecule has 0 saturated carbocycles. The molecule has 2 N–H and O–H groups in total. The van der Waals surface area contributed by atoms with Crippen LogP contribution in [0.1, 0.15) is 27.2 Å². The van der Waals surface area contributed by atoms with E-state index in [9.17, 15) is 4.79 Å². The molecule has 0 aliphatic carbocycles. The van der Waals surface area contributed by atoms with Gasteiger partial charge < -0.3 is 19.9 Å². The second-order valence-electron chi connectivity index (χ2n) is 5.94. The van der Waals surface area contributed by atoms with Crippen LogP contribution in [0, 0.1) is 0 Å². The van der Waals surface area contributed by atoms with Crippen LogP contribution < -0.4 is 5.73 Å². The molecule has 0 aromatic carbocycles. The van der Waals surface area contributed by atoms with Crippen molar-refractivity contribution in [2.75, 3.05) is 6.54 Å². The largest absolute Gasteiger partial charge is 0.444 e. The minimum absolute atomic E-state index is 0.00556. The summed E-state index contributed by atoms with van der Waals surface area (Å²) in [7, 11) is 0. The zero-order valence-corrected chi connectivity index (χ0v) is 11.6. The fourth-order valence-corrected chi connectivity index (χ4v) is 2.23. The zero-order valence-electron chi connectivity index (χ0n) is 11.6. The minimum Gasteiger partial charge on any atom is -0.444 e. The van der Waals surface area contributed by atoms with E-state index in [1.807, 2.05) is 25.3 Å². The number of amides is 1. The zero-order chi connectivity index (χ0) is 14.0. The molecule has 7 nitrogen and oxygen atoms in total. The number of hydrogen-bond acceptors (Lipinski definition) is 5. The highest BCUT2D eigenvalue weighted by Crippen LogP contribution is 2.21. The molecule has 1 saturated heterocycles. The van der Waals surface area contributed by atoms with Gasteiger partial charge in [0, 0.05) is 19.1 Å². The quantitative estimate of drug-likeness (QED) is 0.848. The summed E-state index contributed by atoms with van der Waals surface area (Å²) in [4.78, 5) is 13.9. The number of hydrogen-bond donors (Lipinski definition) is 1. The summed E-state index contributed by atoms with van der Waals surface area (Å²) in [6, 6.07) is 0.0230. The SMILES string of the molecule is CC(C)(C)OC(=O)N1C[C@H](N)C[C@H]1Cn1cnnc1. The first-order chi connectivity index (χ1) is 8.85. The molecule has 1 aliphatic heterocycles. The molecule has 1 aromatic rings. The predicted molar refractivity (Wildman–Crippen MR) is 69.3 cm³/mol. The molecule has 106 valence electrons. The summed E-state index contributed by atoms with van der Waals surface area (Å²) in [6.07, 6.45) is 3.73. The van der Waals surface area contributed by atoms with Crippen molar-refractivity contribution in [2.24, 2.45) is 5.73 Å². The van der Waals surface area contributed by atoms with Gasteiger partial charge in [0.25, 0.3) is 0 Å². The van der Waals surface area contributed by atoms with E-state index in [2.05, 4.69) is 10.2 Å². The van der Waals surface area contributed by atoms with Crippen LogP contribution in [0.4, 0.5) is 4.79 Å². The van der Waals surface area contributed by atoms with Crippen LogP contribution in [0.25, 0.3) is 0 Å². The van der Waals surface area contributed by atoms with Gasteiger partial charge in [0.05, 0.1) is 6.04 Å². The lowest BCUT2D eigenvalue weighted by molar-refractivity contribution is 0.0212. The number of carbonyl (C=O) groups is 1. The van der Waals surface area contributed by atoms with Crippen LogP contribution >= 0.6 is 0 Å². The highest BCUT2D eigenvalue weighted by molar-refractivity contribution is 5.69. The van der Waals surface area contributed by atoms with Crippen molar-refractivity contribution in [1.29, 1.82) is 0 Å². The van der Waals surface area contributed by atoms with E-state index in [-0.39, 0.29) is 18.2 Å². The minimum atomic E-state index is -0.495. The summed E-state index contributed by atoms with van der Waals surface area (Å²) in [6.45, 7) is 6.74. The van der Waals surface area contributed by atoms with E-state index in [0.29, 0.717) is 13.1 Å². The lowest BCUT2D eigenvalue weighted by Gasteiger charge is -2.28. The van der Waals surface area contributed by atoms with Crippen molar-refractivity contribution in [3.05, 3.63) is 12.7 Å². The molecule has 2 heterocycles. The topological polar surface area (TPSA) is 86.3 Å². The maximum Gasteiger partial charge on any atom is 0.410 e. The third-order valence-corrected chi connectivity index (χ3v) is 2.96. The average molecular weight is 267 g/mol. The van der Waals surface area contributed by atoms with E-state index in [1.54, 1.807) is 17.6 Å². The molecule has 19 heavy (non-hydrogen) atoms. The van der Waals surface area contributed by atoms with Crippen LogP contribution in [-0.4, -0.2) is 50.0 Å². The predicted octanol–water partition coefficient (Wildman–Crippen LogP) is 0.615. The second kappa shape index (κ2) is 5.16. The van der Waals surface area contributed by atoms with Gasteiger partial charge in [-0.15, -0.1) is 10.2 Å². The first-order valence-electron chi connectivity index (χ1n) is 6.43. The van der Waals surface area contributed by atoms with Gasteiger partial charge in [-0.2, -0.15) is 0 Å². The van der Waals surface area contributed by atoms with Crippen LogP contribution in [0.3, 0.4) is 0 Å². The van der Waals surface area contributed by atoms with E-state index < -0.39 is 5.60 Å². The monoisotopic (exact) mass is 267 g/mol. The van der Waals surface area contributed by atoms with Gasteiger partial charge in [-0.25, -0.2) is 4.79 Å². The number of carbonyl (C=O) groups excluding carboxylic acids is 1. The third kappa shape index (κ3) is 3.66. The average Bonchev–Trinajstić information content (AvgIpc) is 2.86. The van der Waals surface area contributed by atoms with E-state index in [1.165, 1.54) is 0 Å². The highest BCUT2D eigenvalue weighted by atomic mass is 16.6. The molecule has 1 aliphatic rings. The normalized spacial score (nSPS) is 23.7. The number of nitrogens with zero attached hydrogens (tertiary/aromatic N) is 4. The standard InChI is InChI=1S/C12H21N5O2/c1-12(2,3)19-11(18)17-5-9(13)4-10(17)6-16-7-14-15-8-16/h7-10H,4-6,13H2,1-3H3/t9-,10+/m1/s1. The maximum absolute atomic E-state index is 12.2. The smallest absolute Gasteiger partial charge is 0.410 e. The fourth-order valence-electron chi connectivity index (χ4n) is 2.23. The number of likely N-dealkylation sites (tertiary alicyclic amines) is 1. The molecule has 1 amide bonds. The van der Waals surface area contributed by atoms with Crippen LogP contribution in [0.15, 0.2) is 12.7 Å². The molecular weight excluding hydrogens is 246 g/mol. The first kappa shape index (κ1) is 13.8. The number of nitrogens with two attached hydrogens (primary N) is 1. The number of ether oxygens (including phenoxy) is 1. The number of rotatable bonds is 2. The van der Waals surface area contributed by atoms with Gasteiger partial charge >= 0.3 is 6.09 Å². The lowest BCUT2D eigenvalue weighted by atomic mass is 10.2. The molecule has 1 aromatic heterocycles. The summed E-state index contributed by atoms with van der Waals surface area (Å²) < 4.78 is 7.26. The Bertz CT molecular complexity index is 426. The van der Waals surface area contributed by atoms with Gasteiger partial charge in [0.1, 0.15) is 18.3 Å². The van der Waals surface area contributed by atoms with Crippen molar-refractivity contribution >= 4 is 6.09 Å². The van der Waals surface area contributed by atoms with E-state index in [4.69, 9.17) is 10.5 Å². The highest BCUT2D eigenvalue weighted by Gasteiger charge is 2.36. The Morgan fingerprint density at radius 3 is 2.63 bits per heavy atom. The van der Waals surface area contributed by atoms with Gasteiger partial charge in [0.15, 0.2) is 0 Å². The Hall–Kier alpha value is -1.63. The van der Waals surface area contributed by atoms with E-state index >= 15 is 0 Å². The molecule has 0 unspecified atom stereocenters. The number of aromatic nitrogens is 3. The summed E-state index contributed by atoms with van der Waals surface area (Å²) in [5, 5.41) is 7.52. The summed E-state index contributed by atoms with van der Waals surface area (Å²) in [5.41, 5.74) is 5.46. The summed E-state index contributed by atoms with van der Waals surface area (Å²) in [5.74, 6) is 0. The Kier molecular flexibility index (Phi) is 3.75. The van der Waals surface area contributed by atoms with Crippen molar-refractivity contribution in [3.63, 3.8) is 0 Å². The van der Waals surface area contributed by atoms with Gasteiger partial charge in [0.2, 0.25) is 0 Å². The third-order valence-electron chi connectivity index (χ3n) is 2.96. The Labute approximate surface area is 112 Å². The van der Waals surface area contributed by atoms with Crippen molar-refractivity contribution in [3.8, 4) is 0 Å². The fraction of sp³-hybridized carbons (Fsp3) is 0.750. The van der Waals surface area contributed by atoms with Crippen molar-refractivity contribution < 1.29 is 9.53 Å².